The van der Waals surface area contributed by atoms with Crippen LogP contribution in [-0.4, -0.2) is 39.8 Å². The molecule has 2 aromatic heterocycles. The van der Waals surface area contributed by atoms with Crippen molar-refractivity contribution in [3.05, 3.63) is 99.7 Å². The Morgan fingerprint density at radius 3 is 2.43 bits per heavy atom. The predicted octanol–water partition coefficient (Wildman–Crippen LogP) is 6.55. The fourth-order valence-electron chi connectivity index (χ4n) is 4.68. The second-order valence-corrected chi connectivity index (χ2v) is 11.1. The minimum atomic E-state index is -1.03. The van der Waals surface area contributed by atoms with E-state index in [1.165, 1.54) is 7.11 Å². The van der Waals surface area contributed by atoms with Crippen LogP contribution in [0.25, 0.3) is 16.8 Å². The number of benzene rings is 3. The summed E-state index contributed by atoms with van der Waals surface area (Å²) in [7, 11) is 3.00. The van der Waals surface area contributed by atoms with Gasteiger partial charge in [-0.3, -0.25) is 4.79 Å². The number of amides is 1. The third-order valence-electron chi connectivity index (χ3n) is 7.10. The van der Waals surface area contributed by atoms with E-state index in [4.69, 9.17) is 21.1 Å². The molecule has 9 nitrogen and oxygen atoms in total. The summed E-state index contributed by atoms with van der Waals surface area (Å²) in [5, 5.41) is 20.6. The first-order valence-corrected chi connectivity index (χ1v) is 13.9. The minimum Gasteiger partial charge on any atom is -0.496 e. The van der Waals surface area contributed by atoms with Gasteiger partial charge in [0.2, 0.25) is 5.95 Å². The van der Waals surface area contributed by atoms with Crippen LogP contribution in [0.3, 0.4) is 0 Å². The molecular formula is C32H30ClF2N5O4. The third-order valence-corrected chi connectivity index (χ3v) is 7.39. The Morgan fingerprint density at radius 2 is 1.73 bits per heavy atom. The minimum absolute atomic E-state index is 0.0510. The number of carbonyl (C=O) groups excluding carboxylic acids is 1. The highest BCUT2D eigenvalue weighted by Gasteiger charge is 2.21. The standard InChI is InChI=1S/C32H30ClF2N5O4/c1-17-10-21(32(2,3)42)13-27(44-5)29(17)38-31-37-28-9-7-19(16-40(28)39-31)18-6-8-22(26(12-18)43-4)30(41)36-15-20-11-23(33)25(35)14-24(20)34/h6-14,16,42H,15H2,1-5H3,(H,36,41)(H,38,39). The van der Waals surface area contributed by atoms with Gasteiger partial charge in [0.15, 0.2) is 5.65 Å². The Kier molecular flexibility index (Phi) is 8.44. The smallest absolute Gasteiger partial charge is 0.255 e. The molecular weight excluding hydrogens is 592 g/mol. The summed E-state index contributed by atoms with van der Waals surface area (Å²) >= 11 is 5.75. The summed E-state index contributed by atoms with van der Waals surface area (Å²) in [5.41, 5.74) is 3.63. The highest BCUT2D eigenvalue weighted by Crippen LogP contribution is 2.35. The lowest BCUT2D eigenvalue weighted by molar-refractivity contribution is 0.0782. The number of nitrogens with one attached hydrogen (secondary N) is 2. The molecule has 0 spiro atoms. The second kappa shape index (κ2) is 12.1. The zero-order valence-corrected chi connectivity index (χ0v) is 25.4. The topological polar surface area (TPSA) is 110 Å². The van der Waals surface area contributed by atoms with Crippen molar-refractivity contribution >= 4 is 34.8 Å². The Balaban J connectivity index is 1.37. The lowest BCUT2D eigenvalue weighted by atomic mass is 9.95. The zero-order valence-electron chi connectivity index (χ0n) is 24.6. The maximum absolute atomic E-state index is 14.1. The van der Waals surface area contributed by atoms with Gasteiger partial charge in [0.25, 0.3) is 5.91 Å². The molecule has 0 saturated carbocycles. The molecule has 0 saturated heterocycles. The van der Waals surface area contributed by atoms with E-state index in [2.05, 4.69) is 20.7 Å². The Labute approximate surface area is 257 Å². The van der Waals surface area contributed by atoms with Crippen molar-refractivity contribution in [2.24, 2.45) is 0 Å². The molecule has 0 aliphatic carbocycles. The van der Waals surface area contributed by atoms with Crippen molar-refractivity contribution < 1.29 is 28.2 Å². The van der Waals surface area contributed by atoms with Crippen molar-refractivity contribution in [1.82, 2.24) is 19.9 Å². The van der Waals surface area contributed by atoms with Crippen LogP contribution in [0.2, 0.25) is 5.02 Å². The number of carbonyl (C=O) groups is 1. The summed E-state index contributed by atoms with van der Waals surface area (Å²) in [6.07, 6.45) is 1.80. The molecule has 3 N–H and O–H groups in total. The molecule has 0 atom stereocenters. The molecule has 0 radical (unpaired) electrons. The largest absolute Gasteiger partial charge is 0.496 e. The first-order chi connectivity index (χ1) is 20.9. The van der Waals surface area contributed by atoms with Gasteiger partial charge in [0, 0.05) is 29.9 Å². The van der Waals surface area contributed by atoms with Gasteiger partial charge in [0.05, 0.1) is 36.1 Å². The molecule has 228 valence electrons. The van der Waals surface area contributed by atoms with Crippen LogP contribution in [0.15, 0.2) is 60.8 Å². The molecule has 3 aromatic carbocycles. The fraction of sp³-hybridized carbons (Fsp3) is 0.219. The van der Waals surface area contributed by atoms with Crippen molar-refractivity contribution in [2.75, 3.05) is 19.5 Å². The normalized spacial score (nSPS) is 11.5. The monoisotopic (exact) mass is 621 g/mol. The number of aryl methyl sites for hydroxylation is 1. The second-order valence-electron chi connectivity index (χ2n) is 10.7. The summed E-state index contributed by atoms with van der Waals surface area (Å²) in [4.78, 5) is 17.5. The van der Waals surface area contributed by atoms with Crippen LogP contribution in [-0.2, 0) is 12.1 Å². The number of halogens is 3. The molecule has 5 aromatic rings. The number of nitrogens with zero attached hydrogens (tertiary/aromatic N) is 3. The molecule has 2 heterocycles. The molecule has 0 unspecified atom stereocenters. The Bertz CT molecular complexity index is 1890. The average molecular weight is 622 g/mol. The molecule has 1 amide bonds. The van der Waals surface area contributed by atoms with Gasteiger partial charge < -0.3 is 25.2 Å². The number of fused-ring (bicyclic) bond motifs is 1. The van der Waals surface area contributed by atoms with E-state index in [9.17, 15) is 18.7 Å². The van der Waals surface area contributed by atoms with Crippen LogP contribution < -0.4 is 20.1 Å². The van der Waals surface area contributed by atoms with Gasteiger partial charge in [-0.25, -0.2) is 13.3 Å². The summed E-state index contributed by atoms with van der Waals surface area (Å²) in [6, 6.07) is 14.2. The van der Waals surface area contributed by atoms with Crippen LogP contribution in [0.5, 0.6) is 11.5 Å². The number of aromatic nitrogens is 3. The van der Waals surface area contributed by atoms with E-state index in [1.807, 2.05) is 25.1 Å². The first kappa shape index (κ1) is 30.7. The predicted molar refractivity (Wildman–Crippen MR) is 164 cm³/mol. The van der Waals surface area contributed by atoms with Gasteiger partial charge >= 0.3 is 0 Å². The molecule has 44 heavy (non-hydrogen) atoms. The number of pyridine rings is 1. The molecule has 0 bridgehead atoms. The summed E-state index contributed by atoms with van der Waals surface area (Å²) in [5.74, 6) is -0.990. The van der Waals surface area contributed by atoms with E-state index < -0.39 is 23.1 Å². The Hall–Kier alpha value is -4.74. The van der Waals surface area contributed by atoms with Crippen molar-refractivity contribution in [2.45, 2.75) is 32.9 Å². The van der Waals surface area contributed by atoms with Gasteiger partial charge in [-0.05, 0) is 73.9 Å². The number of aliphatic hydroxyl groups is 1. The van der Waals surface area contributed by atoms with Crippen LogP contribution in [0, 0.1) is 18.6 Å². The highest BCUT2D eigenvalue weighted by atomic mass is 35.5. The third kappa shape index (κ3) is 6.29. The molecule has 12 heteroatoms. The number of ether oxygens (including phenoxy) is 2. The van der Waals surface area contributed by atoms with Gasteiger partial charge in [-0.1, -0.05) is 23.7 Å². The molecule has 0 aliphatic heterocycles. The number of anilines is 2. The fourth-order valence-corrected chi connectivity index (χ4v) is 4.86. The quantitative estimate of drug-likeness (QED) is 0.160. The first-order valence-electron chi connectivity index (χ1n) is 13.5. The van der Waals surface area contributed by atoms with Crippen molar-refractivity contribution in [3.63, 3.8) is 0 Å². The van der Waals surface area contributed by atoms with Gasteiger partial charge in [-0.2, -0.15) is 4.98 Å². The number of methoxy groups -OCH3 is 2. The number of rotatable bonds is 9. The maximum Gasteiger partial charge on any atom is 0.255 e. The van der Waals surface area contributed by atoms with Gasteiger partial charge in [0.1, 0.15) is 23.1 Å². The van der Waals surface area contributed by atoms with E-state index in [1.54, 1.807) is 55.9 Å². The SMILES string of the molecule is COc1cc(-c2ccc3nc(Nc4c(C)cc(C(C)(C)O)cc4OC)nn3c2)ccc1C(=O)NCc1cc(Cl)c(F)cc1F. The lowest BCUT2D eigenvalue weighted by Crippen LogP contribution is -2.24. The van der Waals surface area contributed by atoms with E-state index >= 15 is 0 Å². The van der Waals surface area contributed by atoms with Crippen LogP contribution in [0.4, 0.5) is 20.4 Å². The number of hydrogen-bond donors (Lipinski definition) is 3. The van der Waals surface area contributed by atoms with Crippen molar-refractivity contribution in [1.29, 1.82) is 0 Å². The maximum atomic E-state index is 14.1. The lowest BCUT2D eigenvalue weighted by Gasteiger charge is -2.21. The van der Waals surface area contributed by atoms with Crippen LogP contribution >= 0.6 is 11.6 Å². The molecule has 5 rings (SSSR count). The average Bonchev–Trinajstić information content (AvgIpc) is 3.40. The number of hydrogen-bond acceptors (Lipinski definition) is 7. The van der Waals surface area contributed by atoms with E-state index in [0.29, 0.717) is 34.8 Å². The molecule has 0 fully saturated rings. The van der Waals surface area contributed by atoms with Crippen LogP contribution in [0.1, 0.15) is 40.9 Å². The molecule has 0 aliphatic rings. The summed E-state index contributed by atoms with van der Waals surface area (Å²) in [6.45, 7) is 5.14. The zero-order chi connectivity index (χ0) is 31.8. The Morgan fingerprint density at radius 1 is 1.00 bits per heavy atom. The van der Waals surface area contributed by atoms with E-state index in [-0.39, 0.29) is 22.7 Å². The van der Waals surface area contributed by atoms with E-state index in [0.717, 1.165) is 28.3 Å². The van der Waals surface area contributed by atoms with Gasteiger partial charge in [-0.15, -0.1) is 5.10 Å². The summed E-state index contributed by atoms with van der Waals surface area (Å²) < 4.78 is 40.2. The van der Waals surface area contributed by atoms with Crippen molar-refractivity contribution in [3.8, 4) is 22.6 Å². The highest BCUT2D eigenvalue weighted by molar-refractivity contribution is 6.30.